The summed E-state index contributed by atoms with van der Waals surface area (Å²) in [5.41, 5.74) is 5.82. The number of hydrogen-bond donors (Lipinski definition) is 2. The lowest BCUT2D eigenvalue weighted by Crippen LogP contribution is -2.41. The summed E-state index contributed by atoms with van der Waals surface area (Å²) >= 11 is 0. The fourth-order valence-electron chi connectivity index (χ4n) is 1.85. The molecule has 82 valence electrons. The predicted octanol–water partition coefficient (Wildman–Crippen LogP) is 2.90. The Kier molecular flexibility index (Phi) is 2.29. The number of hydrogen-bond acceptors (Lipinski definition) is 2. The molecule has 0 unspecified atom stereocenters. The van der Waals surface area contributed by atoms with Gasteiger partial charge in [0.2, 0.25) is 0 Å². The van der Waals surface area contributed by atoms with Crippen LogP contribution < -0.4 is 11.1 Å². The van der Waals surface area contributed by atoms with Crippen molar-refractivity contribution in [2.45, 2.75) is 31.7 Å². The minimum atomic E-state index is -0.708. The summed E-state index contributed by atoms with van der Waals surface area (Å²) in [6.07, 6.45) is 3.15. The molecular formula is C11H14F2N2. The van der Waals surface area contributed by atoms with E-state index in [0.717, 1.165) is 25.3 Å². The second kappa shape index (κ2) is 3.36. The van der Waals surface area contributed by atoms with E-state index in [-0.39, 0.29) is 11.2 Å². The molecular weight excluding hydrogens is 198 g/mol. The number of rotatable bonds is 2. The predicted molar refractivity (Wildman–Crippen MR) is 56.6 cm³/mol. The molecule has 2 nitrogen and oxygen atoms in total. The fraction of sp³-hybridized carbons (Fsp3) is 0.455. The maximum Gasteiger partial charge on any atom is 0.151 e. The summed E-state index contributed by atoms with van der Waals surface area (Å²) in [6, 6.07) is 2.03. The van der Waals surface area contributed by atoms with E-state index in [4.69, 9.17) is 5.73 Å². The first-order valence-electron chi connectivity index (χ1n) is 5.03. The number of nitrogen functional groups attached to an aromatic ring is 1. The van der Waals surface area contributed by atoms with E-state index in [1.165, 1.54) is 6.07 Å². The van der Waals surface area contributed by atoms with Crippen LogP contribution in [0.3, 0.4) is 0 Å². The molecule has 0 aliphatic heterocycles. The average molecular weight is 212 g/mol. The van der Waals surface area contributed by atoms with Crippen LogP contribution in [0, 0.1) is 11.6 Å². The van der Waals surface area contributed by atoms with Gasteiger partial charge in [-0.05, 0) is 32.3 Å². The molecule has 2 rings (SSSR count). The van der Waals surface area contributed by atoms with Gasteiger partial charge in [0.05, 0.1) is 11.4 Å². The Balaban J connectivity index is 2.27. The van der Waals surface area contributed by atoms with Crippen LogP contribution in [-0.4, -0.2) is 5.54 Å². The summed E-state index contributed by atoms with van der Waals surface area (Å²) in [7, 11) is 0. The zero-order valence-corrected chi connectivity index (χ0v) is 8.61. The van der Waals surface area contributed by atoms with E-state index in [2.05, 4.69) is 5.32 Å². The van der Waals surface area contributed by atoms with Crippen LogP contribution in [0.2, 0.25) is 0 Å². The van der Waals surface area contributed by atoms with Gasteiger partial charge in [-0.2, -0.15) is 0 Å². The van der Waals surface area contributed by atoms with Gasteiger partial charge in [0.15, 0.2) is 5.82 Å². The molecule has 1 aliphatic carbocycles. The van der Waals surface area contributed by atoms with Crippen molar-refractivity contribution in [2.75, 3.05) is 11.1 Å². The molecule has 3 N–H and O–H groups in total. The Hall–Kier alpha value is -1.32. The first kappa shape index (κ1) is 10.2. The van der Waals surface area contributed by atoms with Crippen molar-refractivity contribution < 1.29 is 8.78 Å². The normalized spacial score (nSPS) is 18.3. The van der Waals surface area contributed by atoms with Gasteiger partial charge in [0.1, 0.15) is 5.82 Å². The molecule has 4 heteroatoms. The maximum atomic E-state index is 13.1. The van der Waals surface area contributed by atoms with Crippen LogP contribution in [0.15, 0.2) is 12.1 Å². The molecule has 0 atom stereocenters. The highest BCUT2D eigenvalue weighted by atomic mass is 19.1. The first-order valence-corrected chi connectivity index (χ1v) is 5.03. The van der Waals surface area contributed by atoms with E-state index in [1.807, 2.05) is 6.92 Å². The standard InChI is InChI=1S/C11H14F2N2/c1-11(3-2-4-11)15-9-6-7(12)5-8(13)10(9)14/h5-6,15H,2-4,14H2,1H3. The third kappa shape index (κ3) is 1.89. The highest BCUT2D eigenvalue weighted by Gasteiger charge is 2.32. The summed E-state index contributed by atoms with van der Waals surface area (Å²) in [4.78, 5) is 0. The van der Waals surface area contributed by atoms with Gasteiger partial charge in [0.25, 0.3) is 0 Å². The van der Waals surface area contributed by atoms with Crippen molar-refractivity contribution >= 4 is 11.4 Å². The molecule has 0 radical (unpaired) electrons. The van der Waals surface area contributed by atoms with Gasteiger partial charge in [0, 0.05) is 11.6 Å². The first-order chi connectivity index (χ1) is 7.00. The van der Waals surface area contributed by atoms with Crippen LogP contribution >= 0.6 is 0 Å². The van der Waals surface area contributed by atoms with Crippen LogP contribution in [0.5, 0.6) is 0 Å². The lowest BCUT2D eigenvalue weighted by Gasteiger charge is -2.40. The summed E-state index contributed by atoms with van der Waals surface area (Å²) in [6.45, 7) is 2.03. The van der Waals surface area contributed by atoms with Crippen molar-refractivity contribution in [3.05, 3.63) is 23.8 Å². The average Bonchev–Trinajstić information content (AvgIpc) is 2.11. The summed E-state index contributed by atoms with van der Waals surface area (Å²) in [5, 5.41) is 3.10. The van der Waals surface area contributed by atoms with Gasteiger partial charge >= 0.3 is 0 Å². The van der Waals surface area contributed by atoms with Crippen molar-refractivity contribution in [3.8, 4) is 0 Å². The molecule has 1 saturated carbocycles. The minimum Gasteiger partial charge on any atom is -0.395 e. The zero-order valence-electron chi connectivity index (χ0n) is 8.61. The Morgan fingerprint density at radius 2 is 2.00 bits per heavy atom. The molecule has 0 aromatic heterocycles. The van der Waals surface area contributed by atoms with E-state index in [0.29, 0.717) is 5.69 Å². The van der Waals surface area contributed by atoms with Crippen molar-refractivity contribution in [3.63, 3.8) is 0 Å². The van der Waals surface area contributed by atoms with Crippen molar-refractivity contribution in [1.82, 2.24) is 0 Å². The number of nitrogens with one attached hydrogen (secondary N) is 1. The highest BCUT2D eigenvalue weighted by Crippen LogP contribution is 2.36. The highest BCUT2D eigenvalue weighted by molar-refractivity contribution is 5.67. The molecule has 1 aliphatic rings. The number of nitrogens with two attached hydrogens (primary N) is 1. The maximum absolute atomic E-state index is 13.1. The minimum absolute atomic E-state index is 0.00970. The van der Waals surface area contributed by atoms with E-state index >= 15 is 0 Å². The molecule has 15 heavy (non-hydrogen) atoms. The Bertz CT molecular complexity index is 386. The van der Waals surface area contributed by atoms with Crippen molar-refractivity contribution in [1.29, 1.82) is 0 Å². The van der Waals surface area contributed by atoms with E-state index < -0.39 is 11.6 Å². The molecule has 0 bridgehead atoms. The molecule has 0 heterocycles. The van der Waals surface area contributed by atoms with Gasteiger partial charge in [-0.3, -0.25) is 0 Å². The monoisotopic (exact) mass is 212 g/mol. The fourth-order valence-corrected chi connectivity index (χ4v) is 1.85. The number of benzene rings is 1. The quantitative estimate of drug-likeness (QED) is 0.740. The molecule has 1 aromatic rings. The topological polar surface area (TPSA) is 38.0 Å². The van der Waals surface area contributed by atoms with E-state index in [9.17, 15) is 8.78 Å². The van der Waals surface area contributed by atoms with Gasteiger partial charge in [-0.15, -0.1) is 0 Å². The van der Waals surface area contributed by atoms with Gasteiger partial charge in [-0.25, -0.2) is 8.78 Å². The smallest absolute Gasteiger partial charge is 0.151 e. The largest absolute Gasteiger partial charge is 0.395 e. The van der Waals surface area contributed by atoms with Crippen LogP contribution in [0.4, 0.5) is 20.2 Å². The van der Waals surface area contributed by atoms with Crippen molar-refractivity contribution in [2.24, 2.45) is 0 Å². The number of halogens is 2. The Labute approximate surface area is 87.5 Å². The lowest BCUT2D eigenvalue weighted by atomic mass is 9.78. The molecule has 0 spiro atoms. The molecule has 1 fully saturated rings. The second-order valence-corrected chi connectivity index (χ2v) is 4.39. The molecule has 0 amide bonds. The second-order valence-electron chi connectivity index (χ2n) is 4.39. The summed E-state index contributed by atoms with van der Waals surface area (Å²) in [5.74, 6) is -1.31. The molecule has 1 aromatic carbocycles. The Morgan fingerprint density at radius 3 is 2.53 bits per heavy atom. The van der Waals surface area contributed by atoms with Gasteiger partial charge in [-0.1, -0.05) is 0 Å². The lowest BCUT2D eigenvalue weighted by molar-refractivity contribution is 0.306. The van der Waals surface area contributed by atoms with Gasteiger partial charge < -0.3 is 11.1 Å². The third-order valence-corrected chi connectivity index (χ3v) is 2.99. The van der Waals surface area contributed by atoms with Crippen LogP contribution in [0.25, 0.3) is 0 Å². The summed E-state index contributed by atoms with van der Waals surface area (Å²) < 4.78 is 26.1. The number of anilines is 2. The SMILES string of the molecule is CC1(Nc2cc(F)cc(F)c2N)CCC1. The molecule has 0 saturated heterocycles. The van der Waals surface area contributed by atoms with E-state index in [1.54, 1.807) is 0 Å². The Morgan fingerprint density at radius 1 is 1.33 bits per heavy atom. The van der Waals surface area contributed by atoms with Crippen LogP contribution in [0.1, 0.15) is 26.2 Å². The third-order valence-electron chi connectivity index (χ3n) is 2.99. The zero-order chi connectivity index (χ0) is 11.1. The van der Waals surface area contributed by atoms with Crippen LogP contribution in [-0.2, 0) is 0 Å².